The second-order valence-corrected chi connectivity index (χ2v) is 8.69. The average Bonchev–Trinajstić information content (AvgIpc) is 2.80. The summed E-state index contributed by atoms with van der Waals surface area (Å²) in [5.41, 5.74) is 1.72. The molecule has 0 saturated carbocycles. The van der Waals surface area contributed by atoms with Crippen LogP contribution in [0.15, 0.2) is 46.4 Å². The van der Waals surface area contributed by atoms with Gasteiger partial charge in [0.1, 0.15) is 16.4 Å². The number of halogens is 4. The largest absolute Gasteiger partial charge is 0.435 e. The lowest BCUT2D eigenvalue weighted by molar-refractivity contribution is -0.385. The molecule has 3 rings (SSSR count). The number of nitro benzene ring substituents is 1. The van der Waals surface area contributed by atoms with E-state index >= 15 is 0 Å². The predicted molar refractivity (Wildman–Crippen MR) is 114 cm³/mol. The van der Waals surface area contributed by atoms with Crippen LogP contribution in [0.4, 0.5) is 28.9 Å². The lowest BCUT2D eigenvalue weighted by atomic mass is 10.2. The third-order valence-corrected chi connectivity index (χ3v) is 6.52. The molecule has 0 bridgehead atoms. The average molecular weight is 522 g/mol. The molecule has 0 atom stereocenters. The van der Waals surface area contributed by atoms with E-state index in [-0.39, 0.29) is 37.6 Å². The van der Waals surface area contributed by atoms with Gasteiger partial charge in [0, 0.05) is 36.9 Å². The minimum atomic E-state index is -4.18. The van der Waals surface area contributed by atoms with Gasteiger partial charge in [-0.25, -0.2) is 8.42 Å². The smallest absolute Gasteiger partial charge is 0.387 e. The van der Waals surface area contributed by atoms with Gasteiger partial charge in [-0.1, -0.05) is 0 Å². The van der Waals surface area contributed by atoms with Crippen molar-refractivity contribution in [1.29, 1.82) is 0 Å². The van der Waals surface area contributed by atoms with Gasteiger partial charge < -0.3 is 14.2 Å². The standard InChI is InChI=1S/C19H18F4N4O7S/c20-18(21)33-14-3-1-12(16(10-14)34-19(22)23)11-24-25-15-4-2-13(27(28)29)9-17(15)35(30,31)26-5-7-32-8-6-26/h1-4,9-11,18-19,25H,5-8H2/b24-11+. The first-order valence-corrected chi connectivity index (χ1v) is 11.2. The summed E-state index contributed by atoms with van der Waals surface area (Å²) < 4.78 is 91.2. The highest BCUT2D eigenvalue weighted by molar-refractivity contribution is 7.89. The van der Waals surface area contributed by atoms with E-state index in [1.807, 2.05) is 0 Å². The summed E-state index contributed by atoms with van der Waals surface area (Å²) in [5, 5.41) is 15.0. The molecule has 1 heterocycles. The fraction of sp³-hybridized carbons (Fsp3) is 0.316. The third kappa shape index (κ3) is 6.77. The molecule has 0 aliphatic carbocycles. The van der Waals surface area contributed by atoms with Crippen LogP contribution in [0.3, 0.4) is 0 Å². The molecule has 0 spiro atoms. The van der Waals surface area contributed by atoms with E-state index in [4.69, 9.17) is 4.74 Å². The number of hydrogen-bond donors (Lipinski definition) is 1. The quantitative estimate of drug-likeness (QED) is 0.218. The lowest BCUT2D eigenvalue weighted by Crippen LogP contribution is -2.40. The Morgan fingerprint density at radius 3 is 2.40 bits per heavy atom. The Morgan fingerprint density at radius 1 is 1.09 bits per heavy atom. The van der Waals surface area contributed by atoms with Gasteiger partial charge in [0.2, 0.25) is 10.0 Å². The van der Waals surface area contributed by atoms with E-state index in [0.717, 1.165) is 46.9 Å². The highest BCUT2D eigenvalue weighted by Crippen LogP contribution is 2.30. The fourth-order valence-corrected chi connectivity index (χ4v) is 4.59. The van der Waals surface area contributed by atoms with Crippen LogP contribution >= 0.6 is 0 Å². The number of anilines is 1. The summed E-state index contributed by atoms with van der Waals surface area (Å²) in [6, 6.07) is 6.02. The summed E-state index contributed by atoms with van der Waals surface area (Å²) >= 11 is 0. The Balaban J connectivity index is 1.91. The van der Waals surface area contributed by atoms with Gasteiger partial charge in [-0.2, -0.15) is 27.0 Å². The van der Waals surface area contributed by atoms with E-state index in [1.165, 1.54) is 0 Å². The van der Waals surface area contributed by atoms with E-state index in [0.29, 0.717) is 0 Å². The lowest BCUT2D eigenvalue weighted by Gasteiger charge is -2.26. The number of nitro groups is 1. The summed E-state index contributed by atoms with van der Waals surface area (Å²) in [6.45, 7) is -6.11. The molecular formula is C19H18F4N4O7S. The van der Waals surface area contributed by atoms with Crippen molar-refractivity contribution >= 4 is 27.6 Å². The van der Waals surface area contributed by atoms with Crippen molar-refractivity contribution in [1.82, 2.24) is 4.31 Å². The van der Waals surface area contributed by atoms with Crippen molar-refractivity contribution in [3.05, 3.63) is 52.1 Å². The zero-order valence-electron chi connectivity index (χ0n) is 17.6. The van der Waals surface area contributed by atoms with Gasteiger partial charge in [0.25, 0.3) is 5.69 Å². The number of hydrazone groups is 1. The maximum absolute atomic E-state index is 13.1. The number of nitrogens with zero attached hydrogens (tertiary/aromatic N) is 3. The first kappa shape index (κ1) is 26.1. The molecule has 2 aromatic carbocycles. The molecule has 0 aromatic heterocycles. The van der Waals surface area contributed by atoms with Gasteiger partial charge in [0.05, 0.1) is 30.0 Å². The second kappa shape index (κ2) is 11.3. The Bertz CT molecular complexity index is 1190. The SMILES string of the molecule is O=[N+]([O-])c1ccc(N/N=C/c2ccc(OC(F)F)cc2OC(F)F)c(S(=O)(=O)N2CCOCC2)c1. The summed E-state index contributed by atoms with van der Waals surface area (Å²) in [5.74, 6) is -0.969. The number of sulfonamides is 1. The monoisotopic (exact) mass is 522 g/mol. The number of non-ortho nitro benzene ring substituents is 1. The summed E-state index contributed by atoms with van der Waals surface area (Å²) in [7, 11) is -4.18. The Morgan fingerprint density at radius 2 is 1.77 bits per heavy atom. The molecule has 35 heavy (non-hydrogen) atoms. The zero-order valence-corrected chi connectivity index (χ0v) is 18.5. The minimum absolute atomic E-state index is 0.0368. The molecule has 1 N–H and O–H groups in total. The van der Waals surface area contributed by atoms with E-state index in [1.54, 1.807) is 0 Å². The Hall–Kier alpha value is -3.50. The maximum atomic E-state index is 13.1. The van der Waals surface area contributed by atoms with Crippen molar-refractivity contribution < 1.29 is 45.1 Å². The molecule has 1 fully saturated rings. The van der Waals surface area contributed by atoms with Crippen LogP contribution in [0.2, 0.25) is 0 Å². The van der Waals surface area contributed by atoms with Crippen LogP contribution in [0.1, 0.15) is 5.56 Å². The summed E-state index contributed by atoms with van der Waals surface area (Å²) in [6.07, 6.45) is 0.969. The fourth-order valence-electron chi connectivity index (χ4n) is 3.02. The first-order valence-electron chi connectivity index (χ1n) is 9.77. The van der Waals surface area contributed by atoms with Crippen LogP contribution < -0.4 is 14.9 Å². The molecule has 1 aliphatic rings. The molecule has 0 unspecified atom stereocenters. The van der Waals surface area contributed by atoms with E-state index in [9.17, 15) is 36.1 Å². The molecule has 0 radical (unpaired) electrons. The van der Waals surface area contributed by atoms with Gasteiger partial charge in [-0.3, -0.25) is 15.5 Å². The van der Waals surface area contributed by atoms with E-state index in [2.05, 4.69) is 20.0 Å². The molecular weight excluding hydrogens is 504 g/mol. The second-order valence-electron chi connectivity index (χ2n) is 6.78. The number of ether oxygens (including phenoxy) is 3. The normalized spacial score (nSPS) is 15.0. The van der Waals surface area contributed by atoms with Crippen LogP contribution in [-0.4, -0.2) is 63.4 Å². The molecule has 0 amide bonds. The van der Waals surface area contributed by atoms with Gasteiger partial charge in [0.15, 0.2) is 0 Å². The number of nitrogens with one attached hydrogen (secondary N) is 1. The molecule has 1 saturated heterocycles. The molecule has 11 nitrogen and oxygen atoms in total. The Labute approximate surface area is 196 Å². The molecule has 2 aromatic rings. The highest BCUT2D eigenvalue weighted by atomic mass is 32.2. The van der Waals surface area contributed by atoms with Crippen molar-refractivity contribution in [3.8, 4) is 11.5 Å². The first-order chi connectivity index (χ1) is 16.6. The van der Waals surface area contributed by atoms with Crippen LogP contribution in [-0.2, 0) is 14.8 Å². The van der Waals surface area contributed by atoms with Gasteiger partial charge in [-0.05, 0) is 18.2 Å². The number of morpholine rings is 1. The van der Waals surface area contributed by atoms with Crippen molar-refractivity contribution in [3.63, 3.8) is 0 Å². The number of benzene rings is 2. The minimum Gasteiger partial charge on any atom is -0.435 e. The number of rotatable bonds is 10. The van der Waals surface area contributed by atoms with E-state index < -0.39 is 50.3 Å². The molecule has 1 aliphatic heterocycles. The van der Waals surface area contributed by atoms with Crippen LogP contribution in [0, 0.1) is 10.1 Å². The third-order valence-electron chi connectivity index (χ3n) is 4.58. The summed E-state index contributed by atoms with van der Waals surface area (Å²) in [4.78, 5) is 9.99. The van der Waals surface area contributed by atoms with Crippen LogP contribution in [0.25, 0.3) is 0 Å². The van der Waals surface area contributed by atoms with Gasteiger partial charge in [-0.15, -0.1) is 0 Å². The zero-order chi connectivity index (χ0) is 25.6. The van der Waals surface area contributed by atoms with Gasteiger partial charge >= 0.3 is 13.2 Å². The van der Waals surface area contributed by atoms with Crippen molar-refractivity contribution in [2.24, 2.45) is 5.10 Å². The maximum Gasteiger partial charge on any atom is 0.387 e. The number of alkyl halides is 4. The highest BCUT2D eigenvalue weighted by Gasteiger charge is 2.30. The topological polar surface area (TPSA) is 133 Å². The number of hydrogen-bond acceptors (Lipinski definition) is 9. The Kier molecular flexibility index (Phi) is 8.42. The molecule has 16 heteroatoms. The predicted octanol–water partition coefficient (Wildman–Crippen LogP) is 3.26. The van der Waals surface area contributed by atoms with Crippen molar-refractivity contribution in [2.75, 3.05) is 31.7 Å². The van der Waals surface area contributed by atoms with Crippen LogP contribution in [0.5, 0.6) is 11.5 Å². The van der Waals surface area contributed by atoms with Crippen molar-refractivity contribution in [2.45, 2.75) is 18.1 Å². The molecule has 190 valence electrons.